The van der Waals surface area contributed by atoms with Gasteiger partial charge in [-0.3, -0.25) is 4.79 Å². The van der Waals surface area contributed by atoms with Crippen LogP contribution in [0.4, 0.5) is 11.4 Å². The van der Waals surface area contributed by atoms with E-state index in [0.717, 1.165) is 16.8 Å². The molecule has 0 bridgehead atoms. The Labute approximate surface area is 151 Å². The highest BCUT2D eigenvalue weighted by atomic mass is 16.2. The molecule has 1 aliphatic rings. The third-order valence-corrected chi connectivity index (χ3v) is 4.31. The fraction of sp³-hybridized carbons (Fsp3) is 0.0476. The lowest BCUT2D eigenvalue weighted by molar-refractivity contribution is 0.0936. The molecule has 0 unspecified atom stereocenters. The Hall–Kier alpha value is -3.60. The molecule has 4 N–H and O–H groups in total. The minimum absolute atomic E-state index is 0.112. The first kappa shape index (κ1) is 15.9. The van der Waals surface area contributed by atoms with Crippen molar-refractivity contribution in [3.63, 3.8) is 0 Å². The second-order valence-corrected chi connectivity index (χ2v) is 6.02. The molecule has 1 heterocycles. The zero-order chi connectivity index (χ0) is 17.9. The van der Waals surface area contributed by atoms with Gasteiger partial charge in [0.05, 0.1) is 11.3 Å². The monoisotopic (exact) mass is 342 g/mol. The summed E-state index contributed by atoms with van der Waals surface area (Å²) >= 11 is 0. The van der Waals surface area contributed by atoms with E-state index in [1.807, 2.05) is 72.8 Å². The first-order chi connectivity index (χ1) is 12.7. The average Bonchev–Trinajstić information content (AvgIpc) is 2.69. The standard InChI is InChI=1S/C21H18N4O/c22-19(14-8-2-1-3-9-14)23-17-12-6-4-10-15(17)20-24-18-13-7-5-11-16(18)21(26)25-20/h1-13,20,24H,(H2,22,23)(H,25,26)/t20-/m0/s1. The lowest BCUT2D eigenvalue weighted by Gasteiger charge is -2.28. The van der Waals surface area contributed by atoms with E-state index in [4.69, 9.17) is 5.73 Å². The van der Waals surface area contributed by atoms with Crippen molar-refractivity contribution < 1.29 is 4.79 Å². The number of aliphatic imine (C=N–C) groups is 1. The first-order valence-electron chi connectivity index (χ1n) is 8.37. The Morgan fingerprint density at radius 2 is 1.54 bits per heavy atom. The molecule has 3 aromatic rings. The molecule has 0 saturated carbocycles. The van der Waals surface area contributed by atoms with E-state index in [2.05, 4.69) is 15.6 Å². The third kappa shape index (κ3) is 3.02. The van der Waals surface area contributed by atoms with Crippen molar-refractivity contribution in [2.75, 3.05) is 5.32 Å². The SMILES string of the molecule is NC(=Nc1ccccc1[C@@H]1NC(=O)c2ccccc2N1)c1ccccc1. The van der Waals surface area contributed by atoms with Gasteiger partial charge in [-0.15, -0.1) is 0 Å². The van der Waals surface area contributed by atoms with Crippen molar-refractivity contribution in [1.82, 2.24) is 5.32 Å². The highest BCUT2D eigenvalue weighted by molar-refractivity contribution is 6.02. The first-order valence-corrected chi connectivity index (χ1v) is 8.37. The molecule has 0 fully saturated rings. The fourth-order valence-corrected chi connectivity index (χ4v) is 3.00. The molecule has 128 valence electrons. The number of amides is 1. The van der Waals surface area contributed by atoms with Crippen molar-refractivity contribution in [3.05, 3.63) is 95.6 Å². The van der Waals surface area contributed by atoms with Crippen LogP contribution in [0.15, 0.2) is 83.9 Å². The van der Waals surface area contributed by atoms with Gasteiger partial charge in [0.2, 0.25) is 0 Å². The summed E-state index contributed by atoms with van der Waals surface area (Å²) in [5.74, 6) is 0.319. The number of carbonyl (C=O) groups excluding carboxylic acids is 1. The number of amidine groups is 1. The van der Waals surface area contributed by atoms with Crippen LogP contribution >= 0.6 is 0 Å². The number of fused-ring (bicyclic) bond motifs is 1. The van der Waals surface area contributed by atoms with E-state index in [1.54, 1.807) is 6.07 Å². The van der Waals surface area contributed by atoms with Gasteiger partial charge in [0.1, 0.15) is 12.0 Å². The molecule has 5 nitrogen and oxygen atoms in total. The van der Waals surface area contributed by atoms with Crippen molar-refractivity contribution in [2.24, 2.45) is 10.7 Å². The van der Waals surface area contributed by atoms with Crippen LogP contribution in [-0.4, -0.2) is 11.7 Å². The lowest BCUT2D eigenvalue weighted by atomic mass is 10.0. The Kier molecular flexibility index (Phi) is 4.11. The number of nitrogens with one attached hydrogen (secondary N) is 2. The van der Waals surface area contributed by atoms with Crippen LogP contribution in [0.1, 0.15) is 27.7 Å². The maximum absolute atomic E-state index is 12.4. The van der Waals surface area contributed by atoms with Crippen molar-refractivity contribution in [3.8, 4) is 0 Å². The van der Waals surface area contributed by atoms with E-state index in [-0.39, 0.29) is 12.1 Å². The Morgan fingerprint density at radius 3 is 2.38 bits per heavy atom. The number of carbonyl (C=O) groups is 1. The minimum atomic E-state index is -0.374. The van der Waals surface area contributed by atoms with Crippen LogP contribution < -0.4 is 16.4 Å². The van der Waals surface area contributed by atoms with E-state index < -0.39 is 0 Å². The minimum Gasteiger partial charge on any atom is -0.383 e. The van der Waals surface area contributed by atoms with Gasteiger partial charge in [-0.25, -0.2) is 4.99 Å². The Balaban J connectivity index is 1.70. The molecule has 0 spiro atoms. The van der Waals surface area contributed by atoms with Gasteiger partial charge in [-0.05, 0) is 18.2 Å². The molecule has 0 aliphatic carbocycles. The van der Waals surface area contributed by atoms with Crippen molar-refractivity contribution in [1.29, 1.82) is 0 Å². The molecule has 1 amide bonds. The van der Waals surface area contributed by atoms with E-state index >= 15 is 0 Å². The van der Waals surface area contributed by atoms with Gasteiger partial charge in [-0.1, -0.05) is 60.7 Å². The number of para-hydroxylation sites is 2. The lowest BCUT2D eigenvalue weighted by Crippen LogP contribution is -2.38. The molecule has 5 heteroatoms. The second kappa shape index (κ2) is 6.72. The molecule has 4 rings (SSSR count). The average molecular weight is 342 g/mol. The maximum Gasteiger partial charge on any atom is 0.255 e. The molecule has 0 radical (unpaired) electrons. The van der Waals surface area contributed by atoms with Crippen molar-refractivity contribution >= 4 is 23.1 Å². The summed E-state index contributed by atoms with van der Waals surface area (Å²) < 4.78 is 0. The quantitative estimate of drug-likeness (QED) is 0.503. The largest absolute Gasteiger partial charge is 0.383 e. The number of hydrogen-bond acceptors (Lipinski definition) is 3. The summed E-state index contributed by atoms with van der Waals surface area (Å²) in [5, 5.41) is 6.34. The predicted octanol–water partition coefficient (Wildman–Crippen LogP) is 3.58. The summed E-state index contributed by atoms with van der Waals surface area (Å²) in [6, 6.07) is 24.7. The molecule has 1 aliphatic heterocycles. The summed E-state index contributed by atoms with van der Waals surface area (Å²) in [4.78, 5) is 17.0. The van der Waals surface area contributed by atoms with Gasteiger partial charge >= 0.3 is 0 Å². The van der Waals surface area contributed by atoms with Crippen LogP contribution in [0.2, 0.25) is 0 Å². The number of benzene rings is 3. The Bertz CT molecular complexity index is 982. The molecule has 1 atom stereocenters. The number of hydrogen-bond donors (Lipinski definition) is 3. The van der Waals surface area contributed by atoms with Gasteiger partial charge in [0.15, 0.2) is 0 Å². The highest BCUT2D eigenvalue weighted by Gasteiger charge is 2.25. The van der Waals surface area contributed by atoms with Crippen LogP contribution in [0.25, 0.3) is 0 Å². The van der Waals surface area contributed by atoms with E-state index in [1.165, 1.54) is 0 Å². The number of nitrogens with zero attached hydrogens (tertiary/aromatic N) is 1. The summed E-state index contributed by atoms with van der Waals surface area (Å²) in [5.41, 5.74) is 10.0. The molecular formula is C21H18N4O. The maximum atomic E-state index is 12.4. The fourth-order valence-electron chi connectivity index (χ4n) is 3.00. The highest BCUT2D eigenvalue weighted by Crippen LogP contribution is 2.31. The van der Waals surface area contributed by atoms with Crippen LogP contribution in [0.5, 0.6) is 0 Å². The Morgan fingerprint density at radius 1 is 0.846 bits per heavy atom. The number of anilines is 1. The van der Waals surface area contributed by atoms with E-state index in [0.29, 0.717) is 17.1 Å². The van der Waals surface area contributed by atoms with Gasteiger partial charge in [-0.2, -0.15) is 0 Å². The summed E-state index contributed by atoms with van der Waals surface area (Å²) in [7, 11) is 0. The van der Waals surface area contributed by atoms with Gasteiger partial charge < -0.3 is 16.4 Å². The molecule has 0 aromatic heterocycles. The smallest absolute Gasteiger partial charge is 0.255 e. The molecule has 3 aromatic carbocycles. The molecule has 0 saturated heterocycles. The number of nitrogens with two attached hydrogens (primary N) is 1. The van der Waals surface area contributed by atoms with Crippen LogP contribution in [0.3, 0.4) is 0 Å². The van der Waals surface area contributed by atoms with Crippen LogP contribution in [-0.2, 0) is 0 Å². The third-order valence-electron chi connectivity index (χ3n) is 4.31. The van der Waals surface area contributed by atoms with E-state index in [9.17, 15) is 4.79 Å². The summed E-state index contributed by atoms with van der Waals surface area (Å²) in [6.45, 7) is 0. The van der Waals surface area contributed by atoms with Crippen LogP contribution in [0, 0.1) is 0 Å². The predicted molar refractivity (Wildman–Crippen MR) is 104 cm³/mol. The topological polar surface area (TPSA) is 79.5 Å². The molecular weight excluding hydrogens is 324 g/mol. The zero-order valence-electron chi connectivity index (χ0n) is 14.0. The number of rotatable bonds is 3. The van der Waals surface area contributed by atoms with Crippen molar-refractivity contribution in [2.45, 2.75) is 6.17 Å². The normalized spacial score (nSPS) is 16.4. The zero-order valence-corrected chi connectivity index (χ0v) is 14.0. The summed E-state index contributed by atoms with van der Waals surface area (Å²) in [6.07, 6.45) is -0.374. The molecule has 26 heavy (non-hydrogen) atoms. The second-order valence-electron chi connectivity index (χ2n) is 6.02. The van der Waals surface area contributed by atoms with Gasteiger partial charge in [0, 0.05) is 16.8 Å². The van der Waals surface area contributed by atoms with Gasteiger partial charge in [0.25, 0.3) is 5.91 Å².